The van der Waals surface area contributed by atoms with Crippen molar-refractivity contribution in [2.45, 2.75) is 6.42 Å². The number of halogens is 3. The first-order valence-electron chi connectivity index (χ1n) is 5.99. The number of aromatic nitrogens is 2. The van der Waals surface area contributed by atoms with Crippen molar-refractivity contribution < 1.29 is 0 Å². The number of benzene rings is 2. The molecule has 20 heavy (non-hydrogen) atoms. The molecule has 2 aromatic carbocycles. The van der Waals surface area contributed by atoms with Gasteiger partial charge in [0.25, 0.3) is 0 Å². The fraction of sp³-hybridized carbons (Fsp3) is 0.0667. The van der Waals surface area contributed by atoms with Crippen LogP contribution in [-0.2, 0) is 6.42 Å². The Morgan fingerprint density at radius 3 is 2.20 bits per heavy atom. The lowest BCUT2D eigenvalue weighted by molar-refractivity contribution is 0.974. The van der Waals surface area contributed by atoms with E-state index >= 15 is 0 Å². The highest BCUT2D eigenvalue weighted by molar-refractivity contribution is 6.46. The smallest absolute Gasteiger partial charge is 0.152 e. The standard InChI is InChI=1S/C15H9Cl3N2/c16-13-14(17)19-12(20-15(13)18)8-10-6-3-5-9-4-1-2-7-11(9)10/h1-7H,8H2. The molecule has 0 aliphatic carbocycles. The summed E-state index contributed by atoms with van der Waals surface area (Å²) in [6.07, 6.45) is 0.554. The van der Waals surface area contributed by atoms with E-state index in [1.807, 2.05) is 24.3 Å². The van der Waals surface area contributed by atoms with Crippen LogP contribution in [0.4, 0.5) is 0 Å². The Balaban J connectivity index is 2.06. The van der Waals surface area contributed by atoms with E-state index in [2.05, 4.69) is 28.2 Å². The van der Waals surface area contributed by atoms with Gasteiger partial charge in [-0.2, -0.15) is 0 Å². The second kappa shape index (κ2) is 5.57. The van der Waals surface area contributed by atoms with Gasteiger partial charge in [0.05, 0.1) is 0 Å². The molecule has 0 saturated carbocycles. The van der Waals surface area contributed by atoms with E-state index in [0.29, 0.717) is 12.2 Å². The van der Waals surface area contributed by atoms with Crippen molar-refractivity contribution in [3.05, 3.63) is 69.2 Å². The van der Waals surface area contributed by atoms with Crippen LogP contribution in [0.3, 0.4) is 0 Å². The van der Waals surface area contributed by atoms with E-state index in [-0.39, 0.29) is 15.3 Å². The van der Waals surface area contributed by atoms with Crippen molar-refractivity contribution in [2.75, 3.05) is 0 Å². The molecule has 0 aliphatic rings. The molecule has 0 unspecified atom stereocenters. The second-order valence-electron chi connectivity index (χ2n) is 4.35. The third kappa shape index (κ3) is 2.59. The Labute approximate surface area is 131 Å². The molecule has 3 aromatic rings. The molecule has 2 nitrogen and oxygen atoms in total. The topological polar surface area (TPSA) is 25.8 Å². The van der Waals surface area contributed by atoms with Crippen LogP contribution in [0, 0.1) is 0 Å². The normalized spacial score (nSPS) is 10.9. The van der Waals surface area contributed by atoms with Gasteiger partial charge in [0.1, 0.15) is 10.8 Å². The fourth-order valence-corrected chi connectivity index (χ4v) is 2.64. The molecule has 0 aliphatic heterocycles. The summed E-state index contributed by atoms with van der Waals surface area (Å²) >= 11 is 17.7. The van der Waals surface area contributed by atoms with Gasteiger partial charge >= 0.3 is 0 Å². The van der Waals surface area contributed by atoms with Crippen LogP contribution in [0.25, 0.3) is 10.8 Å². The summed E-state index contributed by atoms with van der Waals surface area (Å²) in [5, 5.41) is 2.90. The molecule has 0 spiro atoms. The molecule has 0 atom stereocenters. The summed E-state index contributed by atoms with van der Waals surface area (Å²) in [7, 11) is 0. The molecule has 0 radical (unpaired) electrons. The average molecular weight is 324 g/mol. The zero-order valence-corrected chi connectivity index (χ0v) is 12.5. The molecule has 0 bridgehead atoms. The van der Waals surface area contributed by atoms with Crippen LogP contribution in [0.1, 0.15) is 11.4 Å². The summed E-state index contributed by atoms with van der Waals surface area (Å²) in [4.78, 5) is 8.35. The maximum absolute atomic E-state index is 5.94. The van der Waals surface area contributed by atoms with E-state index < -0.39 is 0 Å². The first-order valence-corrected chi connectivity index (χ1v) is 7.12. The summed E-state index contributed by atoms with van der Waals surface area (Å²) in [5.41, 5.74) is 1.12. The Kier molecular flexibility index (Phi) is 3.79. The van der Waals surface area contributed by atoms with Crippen LogP contribution >= 0.6 is 34.8 Å². The maximum Gasteiger partial charge on any atom is 0.152 e. The molecule has 0 saturated heterocycles. The van der Waals surface area contributed by atoms with E-state index in [0.717, 1.165) is 5.56 Å². The largest absolute Gasteiger partial charge is 0.219 e. The molecular formula is C15H9Cl3N2. The zero-order valence-electron chi connectivity index (χ0n) is 10.3. The van der Waals surface area contributed by atoms with Crippen molar-refractivity contribution in [1.82, 2.24) is 9.97 Å². The highest BCUT2D eigenvalue weighted by Gasteiger charge is 2.11. The summed E-state index contributed by atoms with van der Waals surface area (Å²) in [6, 6.07) is 14.3. The third-order valence-corrected chi connectivity index (χ3v) is 4.14. The second-order valence-corrected chi connectivity index (χ2v) is 5.44. The predicted octanol–water partition coefficient (Wildman–Crippen LogP) is 5.18. The summed E-state index contributed by atoms with van der Waals surface area (Å²) in [5.74, 6) is 0.556. The van der Waals surface area contributed by atoms with Gasteiger partial charge in [0.2, 0.25) is 0 Å². The van der Waals surface area contributed by atoms with E-state index in [4.69, 9.17) is 34.8 Å². The Bertz CT molecular complexity index is 759. The minimum Gasteiger partial charge on any atom is -0.219 e. The highest BCUT2D eigenvalue weighted by Crippen LogP contribution is 2.27. The molecule has 100 valence electrons. The fourth-order valence-electron chi connectivity index (χ4n) is 2.13. The van der Waals surface area contributed by atoms with E-state index in [1.165, 1.54) is 10.8 Å². The third-order valence-electron chi connectivity index (χ3n) is 3.05. The minimum atomic E-state index is 0.182. The van der Waals surface area contributed by atoms with Crippen molar-refractivity contribution in [3.8, 4) is 0 Å². The molecule has 1 aromatic heterocycles. The molecule has 3 rings (SSSR count). The van der Waals surface area contributed by atoms with Crippen molar-refractivity contribution in [1.29, 1.82) is 0 Å². The monoisotopic (exact) mass is 322 g/mol. The zero-order chi connectivity index (χ0) is 14.1. The van der Waals surface area contributed by atoms with Gasteiger partial charge in [-0.3, -0.25) is 0 Å². The van der Waals surface area contributed by atoms with Crippen molar-refractivity contribution in [3.63, 3.8) is 0 Å². The van der Waals surface area contributed by atoms with Crippen molar-refractivity contribution >= 4 is 45.6 Å². The molecule has 0 fully saturated rings. The average Bonchev–Trinajstić information content (AvgIpc) is 2.45. The van der Waals surface area contributed by atoms with Crippen LogP contribution < -0.4 is 0 Å². The minimum absolute atomic E-state index is 0.182. The first kappa shape index (κ1) is 13.6. The number of rotatable bonds is 2. The Hall–Kier alpha value is -1.35. The van der Waals surface area contributed by atoms with Gasteiger partial charge < -0.3 is 0 Å². The summed E-state index contributed by atoms with van der Waals surface area (Å²) in [6.45, 7) is 0. The van der Waals surface area contributed by atoms with Crippen LogP contribution in [0.5, 0.6) is 0 Å². The molecule has 0 amide bonds. The quantitative estimate of drug-likeness (QED) is 0.607. The maximum atomic E-state index is 5.94. The van der Waals surface area contributed by atoms with Gasteiger partial charge in [-0.25, -0.2) is 9.97 Å². The molecule has 5 heteroatoms. The van der Waals surface area contributed by atoms with Gasteiger partial charge in [-0.05, 0) is 16.3 Å². The number of nitrogens with zero attached hydrogens (tertiary/aromatic N) is 2. The van der Waals surface area contributed by atoms with Gasteiger partial charge in [0, 0.05) is 6.42 Å². The van der Waals surface area contributed by atoms with E-state index in [9.17, 15) is 0 Å². The van der Waals surface area contributed by atoms with Crippen molar-refractivity contribution in [2.24, 2.45) is 0 Å². The molecular weight excluding hydrogens is 315 g/mol. The number of hydrogen-bond acceptors (Lipinski definition) is 2. The lowest BCUT2D eigenvalue weighted by atomic mass is 10.0. The summed E-state index contributed by atoms with van der Waals surface area (Å²) < 4.78 is 0. The highest BCUT2D eigenvalue weighted by atomic mass is 35.5. The first-order chi connectivity index (χ1) is 9.65. The SMILES string of the molecule is Clc1nc(Cc2cccc3ccccc23)nc(Cl)c1Cl. The van der Waals surface area contributed by atoms with Crippen LogP contribution in [0.15, 0.2) is 42.5 Å². The lowest BCUT2D eigenvalue weighted by Crippen LogP contribution is -1.99. The molecule has 1 heterocycles. The Morgan fingerprint density at radius 2 is 1.45 bits per heavy atom. The number of hydrogen-bond donors (Lipinski definition) is 0. The lowest BCUT2D eigenvalue weighted by Gasteiger charge is -2.07. The van der Waals surface area contributed by atoms with E-state index in [1.54, 1.807) is 0 Å². The Morgan fingerprint density at radius 1 is 0.800 bits per heavy atom. The van der Waals surface area contributed by atoms with Crippen LogP contribution in [0.2, 0.25) is 15.3 Å². The predicted molar refractivity (Wildman–Crippen MR) is 83.8 cm³/mol. The number of fused-ring (bicyclic) bond motifs is 1. The van der Waals surface area contributed by atoms with Gasteiger partial charge in [0.15, 0.2) is 10.3 Å². The van der Waals surface area contributed by atoms with Gasteiger partial charge in [-0.1, -0.05) is 77.3 Å². The molecule has 0 N–H and O–H groups in total. The van der Waals surface area contributed by atoms with Gasteiger partial charge in [-0.15, -0.1) is 0 Å². The van der Waals surface area contributed by atoms with Crippen LogP contribution in [-0.4, -0.2) is 9.97 Å².